The summed E-state index contributed by atoms with van der Waals surface area (Å²) < 4.78 is 6.44. The largest absolute Gasteiger partial charge is 0.497 e. The Balaban J connectivity index is 2.15. The van der Waals surface area contributed by atoms with Gasteiger partial charge in [-0.2, -0.15) is 0 Å². The number of benzene rings is 1. The van der Waals surface area contributed by atoms with Crippen LogP contribution in [0.25, 0.3) is 0 Å². The molecule has 0 spiro atoms. The molecule has 2 N–H and O–H groups in total. The van der Waals surface area contributed by atoms with E-state index in [-0.39, 0.29) is 18.1 Å². The number of nitrogens with zero attached hydrogens (tertiary/aromatic N) is 1. The number of hydrogen-bond donors (Lipinski definition) is 2. The maximum atomic E-state index is 12.1. The first-order valence-electron chi connectivity index (χ1n) is 5.92. The number of ether oxygens (including phenoxy) is 1. The molecule has 2 aromatic rings. The van der Waals surface area contributed by atoms with Gasteiger partial charge in [0, 0.05) is 18.0 Å². The van der Waals surface area contributed by atoms with Crippen molar-refractivity contribution in [3.05, 3.63) is 48.3 Å². The number of nitrogens with one attached hydrogen (secondary N) is 1. The minimum absolute atomic E-state index is 0.256. The molecule has 1 aromatic heterocycles. The summed E-state index contributed by atoms with van der Waals surface area (Å²) >= 11 is 0. The molecule has 0 bridgehead atoms. The molecule has 6 nitrogen and oxygen atoms in total. The van der Waals surface area contributed by atoms with Gasteiger partial charge in [-0.05, 0) is 24.3 Å². The fraction of sp³-hybridized carbons (Fsp3) is 0.143. The Bertz CT molecular complexity index is 634. The van der Waals surface area contributed by atoms with Crippen molar-refractivity contribution < 1.29 is 19.4 Å². The number of aromatic nitrogens is 1. The van der Waals surface area contributed by atoms with Gasteiger partial charge in [0.1, 0.15) is 18.0 Å². The van der Waals surface area contributed by atoms with Crippen LogP contribution in [0.3, 0.4) is 0 Å². The third kappa shape index (κ3) is 3.17. The summed E-state index contributed by atoms with van der Waals surface area (Å²) in [5.41, 5.74) is 0.868. The Labute approximate surface area is 115 Å². The van der Waals surface area contributed by atoms with Crippen LogP contribution in [0.4, 0.5) is 5.69 Å². The first kappa shape index (κ1) is 13.7. The van der Waals surface area contributed by atoms with E-state index in [9.17, 15) is 9.59 Å². The summed E-state index contributed by atoms with van der Waals surface area (Å²) in [4.78, 5) is 22.8. The van der Waals surface area contributed by atoms with Gasteiger partial charge in [-0.25, -0.2) is 0 Å². The van der Waals surface area contributed by atoms with Crippen LogP contribution in [-0.2, 0) is 11.3 Å². The lowest BCUT2D eigenvalue weighted by Gasteiger charge is -2.09. The van der Waals surface area contributed by atoms with Gasteiger partial charge in [-0.15, -0.1) is 0 Å². The van der Waals surface area contributed by atoms with Crippen molar-refractivity contribution in [2.45, 2.75) is 6.54 Å². The van der Waals surface area contributed by atoms with Crippen molar-refractivity contribution in [1.82, 2.24) is 4.57 Å². The molecular weight excluding hydrogens is 260 g/mol. The Morgan fingerprint density at radius 1 is 1.30 bits per heavy atom. The van der Waals surface area contributed by atoms with Crippen molar-refractivity contribution in [2.75, 3.05) is 12.4 Å². The van der Waals surface area contributed by atoms with Gasteiger partial charge in [0.25, 0.3) is 5.91 Å². The predicted molar refractivity (Wildman–Crippen MR) is 73.0 cm³/mol. The van der Waals surface area contributed by atoms with Crippen LogP contribution in [0.15, 0.2) is 42.6 Å². The van der Waals surface area contributed by atoms with Crippen LogP contribution in [0, 0.1) is 0 Å². The second-order valence-electron chi connectivity index (χ2n) is 4.10. The van der Waals surface area contributed by atoms with Crippen LogP contribution in [-0.4, -0.2) is 28.7 Å². The highest BCUT2D eigenvalue weighted by Crippen LogP contribution is 2.17. The molecule has 0 atom stereocenters. The Morgan fingerprint density at radius 3 is 2.80 bits per heavy atom. The quantitative estimate of drug-likeness (QED) is 0.871. The smallest absolute Gasteiger partial charge is 0.323 e. The summed E-state index contributed by atoms with van der Waals surface area (Å²) in [6.45, 7) is -0.256. The van der Waals surface area contributed by atoms with E-state index in [0.717, 1.165) is 0 Å². The molecule has 104 valence electrons. The lowest BCUT2D eigenvalue weighted by atomic mass is 10.3. The average Bonchev–Trinajstić information content (AvgIpc) is 2.86. The molecule has 20 heavy (non-hydrogen) atoms. The zero-order chi connectivity index (χ0) is 14.5. The Hall–Kier alpha value is -2.76. The molecule has 0 fully saturated rings. The van der Waals surface area contributed by atoms with Gasteiger partial charge in [0.2, 0.25) is 0 Å². The van der Waals surface area contributed by atoms with Crippen molar-refractivity contribution in [3.63, 3.8) is 0 Å². The van der Waals surface area contributed by atoms with E-state index in [1.807, 2.05) is 0 Å². The first-order chi connectivity index (χ1) is 9.60. The third-order valence-corrected chi connectivity index (χ3v) is 2.70. The van der Waals surface area contributed by atoms with Crippen molar-refractivity contribution in [3.8, 4) is 5.75 Å². The normalized spacial score (nSPS) is 10.1. The fourth-order valence-corrected chi connectivity index (χ4v) is 1.80. The standard InChI is InChI=1S/C14H14N2O4/c1-20-11-5-2-4-10(8-11)15-14(19)12-6-3-7-16(12)9-13(17)18/h2-8H,9H2,1H3,(H,15,19)(H,17,18). The number of rotatable bonds is 5. The second-order valence-corrected chi connectivity index (χ2v) is 4.10. The van der Waals surface area contributed by atoms with E-state index >= 15 is 0 Å². The highest BCUT2D eigenvalue weighted by atomic mass is 16.5. The summed E-state index contributed by atoms with van der Waals surface area (Å²) in [5.74, 6) is -0.746. The van der Waals surface area contributed by atoms with Gasteiger partial charge in [0.15, 0.2) is 0 Å². The van der Waals surface area contributed by atoms with Crippen molar-refractivity contribution in [2.24, 2.45) is 0 Å². The molecule has 0 radical (unpaired) electrons. The highest BCUT2D eigenvalue weighted by molar-refractivity contribution is 6.03. The van der Waals surface area contributed by atoms with Crippen LogP contribution >= 0.6 is 0 Å². The number of carbonyl (C=O) groups excluding carboxylic acids is 1. The van der Waals surface area contributed by atoms with E-state index in [1.54, 1.807) is 49.7 Å². The van der Waals surface area contributed by atoms with Gasteiger partial charge in [-0.3, -0.25) is 9.59 Å². The van der Waals surface area contributed by atoms with Crippen LogP contribution < -0.4 is 10.1 Å². The molecule has 0 aliphatic heterocycles. The number of aliphatic carboxylic acids is 1. The summed E-state index contributed by atoms with van der Waals surface area (Å²) in [5, 5.41) is 11.5. The second kappa shape index (κ2) is 5.92. The van der Waals surface area contributed by atoms with Gasteiger partial charge < -0.3 is 19.7 Å². The minimum atomic E-state index is -1.00. The Morgan fingerprint density at radius 2 is 2.10 bits per heavy atom. The maximum absolute atomic E-state index is 12.1. The van der Waals surface area contributed by atoms with Crippen LogP contribution in [0.5, 0.6) is 5.75 Å². The third-order valence-electron chi connectivity index (χ3n) is 2.70. The molecule has 0 saturated heterocycles. The molecule has 1 heterocycles. The molecule has 1 aromatic carbocycles. The molecule has 0 saturated carbocycles. The van der Waals surface area contributed by atoms with Gasteiger partial charge in [-0.1, -0.05) is 6.07 Å². The van der Waals surface area contributed by atoms with Crippen LogP contribution in [0.1, 0.15) is 10.5 Å². The molecule has 1 amide bonds. The number of amides is 1. The molecule has 2 rings (SSSR count). The van der Waals surface area contributed by atoms with Gasteiger partial charge in [0.05, 0.1) is 7.11 Å². The fourth-order valence-electron chi connectivity index (χ4n) is 1.80. The molecule has 0 aliphatic rings. The van der Waals surface area contributed by atoms with E-state index in [1.165, 1.54) is 4.57 Å². The van der Waals surface area contributed by atoms with Crippen LogP contribution in [0.2, 0.25) is 0 Å². The minimum Gasteiger partial charge on any atom is -0.497 e. The van der Waals surface area contributed by atoms with Crippen molar-refractivity contribution in [1.29, 1.82) is 0 Å². The number of hydrogen-bond acceptors (Lipinski definition) is 3. The number of carboxylic acid groups (broad SMARTS) is 1. The lowest BCUT2D eigenvalue weighted by Crippen LogP contribution is -2.19. The monoisotopic (exact) mass is 274 g/mol. The first-order valence-corrected chi connectivity index (χ1v) is 5.92. The molecular formula is C14H14N2O4. The van der Waals surface area contributed by atoms with E-state index < -0.39 is 5.97 Å². The van der Waals surface area contributed by atoms with Crippen molar-refractivity contribution >= 4 is 17.6 Å². The number of carbonyl (C=O) groups is 2. The summed E-state index contributed by atoms with van der Waals surface area (Å²) in [6.07, 6.45) is 1.55. The highest BCUT2D eigenvalue weighted by Gasteiger charge is 2.13. The Kier molecular flexibility index (Phi) is 4.05. The van der Waals surface area contributed by atoms with Gasteiger partial charge >= 0.3 is 5.97 Å². The van der Waals surface area contributed by atoms with E-state index in [4.69, 9.17) is 9.84 Å². The van der Waals surface area contributed by atoms with E-state index in [2.05, 4.69) is 5.32 Å². The topological polar surface area (TPSA) is 80.6 Å². The molecule has 0 aliphatic carbocycles. The SMILES string of the molecule is COc1cccc(NC(=O)c2cccn2CC(=O)O)c1. The number of anilines is 1. The summed E-state index contributed by atoms with van der Waals surface area (Å²) in [7, 11) is 1.54. The lowest BCUT2D eigenvalue weighted by molar-refractivity contribution is -0.137. The predicted octanol–water partition coefficient (Wildman–Crippen LogP) is 1.83. The zero-order valence-electron chi connectivity index (χ0n) is 10.9. The summed E-state index contributed by atoms with van der Waals surface area (Å²) in [6, 6.07) is 10.1. The zero-order valence-corrected chi connectivity index (χ0v) is 10.9. The number of methoxy groups -OCH3 is 1. The molecule has 0 unspecified atom stereocenters. The number of carboxylic acids is 1. The molecule has 6 heteroatoms. The average molecular weight is 274 g/mol. The maximum Gasteiger partial charge on any atom is 0.323 e. The van der Waals surface area contributed by atoms with E-state index in [0.29, 0.717) is 11.4 Å².